The zero-order valence-corrected chi connectivity index (χ0v) is 18.0. The lowest BCUT2D eigenvalue weighted by molar-refractivity contribution is -0.120. The highest BCUT2D eigenvalue weighted by molar-refractivity contribution is 5.89. The van der Waals surface area contributed by atoms with Gasteiger partial charge in [-0.05, 0) is 49.6 Å². The molecule has 7 nitrogen and oxygen atoms in total. The molecule has 0 spiro atoms. The second kappa shape index (κ2) is 9.91. The third-order valence-corrected chi connectivity index (χ3v) is 5.15. The molecule has 2 aromatic rings. The number of benzene rings is 1. The Bertz CT molecular complexity index is 989. The van der Waals surface area contributed by atoms with E-state index < -0.39 is 5.63 Å². The van der Waals surface area contributed by atoms with Crippen molar-refractivity contribution in [3.05, 3.63) is 51.4 Å². The van der Waals surface area contributed by atoms with Gasteiger partial charge in [-0.15, -0.1) is 0 Å². The molecule has 1 aliphatic rings. The molecule has 0 aliphatic carbocycles. The van der Waals surface area contributed by atoms with Gasteiger partial charge in [-0.25, -0.2) is 4.79 Å². The fraction of sp³-hybridized carbons (Fsp3) is 0.478. The van der Waals surface area contributed by atoms with Crippen LogP contribution in [0.4, 0.5) is 0 Å². The number of ether oxygens (including phenoxy) is 2. The van der Waals surface area contributed by atoms with E-state index in [1.165, 1.54) is 0 Å². The maximum absolute atomic E-state index is 12.6. The average molecular weight is 415 g/mol. The molecule has 162 valence electrons. The molecule has 7 heteroatoms. The maximum atomic E-state index is 12.6. The fourth-order valence-electron chi connectivity index (χ4n) is 3.56. The quantitative estimate of drug-likeness (QED) is 0.528. The van der Waals surface area contributed by atoms with E-state index in [1.54, 1.807) is 0 Å². The van der Waals surface area contributed by atoms with Gasteiger partial charge in [-0.1, -0.05) is 6.58 Å². The van der Waals surface area contributed by atoms with Gasteiger partial charge in [0.1, 0.15) is 17.9 Å². The molecule has 3 rings (SSSR count). The molecule has 30 heavy (non-hydrogen) atoms. The summed E-state index contributed by atoms with van der Waals surface area (Å²) in [5.74, 6) is 0.428. The van der Waals surface area contributed by atoms with Crippen LogP contribution in [-0.2, 0) is 16.0 Å². The fourth-order valence-corrected chi connectivity index (χ4v) is 3.56. The van der Waals surface area contributed by atoms with Crippen molar-refractivity contribution in [2.24, 2.45) is 0 Å². The molecule has 1 aliphatic heterocycles. The van der Waals surface area contributed by atoms with Gasteiger partial charge in [0, 0.05) is 26.2 Å². The molecule has 0 atom stereocenters. The van der Waals surface area contributed by atoms with Gasteiger partial charge in [0.2, 0.25) is 5.91 Å². The number of aryl methyl sites for hydroxylation is 2. The van der Waals surface area contributed by atoms with E-state index in [4.69, 9.17) is 13.9 Å². The molecule has 0 unspecified atom stereocenters. The lowest BCUT2D eigenvalue weighted by Gasteiger charge is -2.26. The van der Waals surface area contributed by atoms with Gasteiger partial charge in [0.15, 0.2) is 0 Å². The number of hydrogen-bond acceptors (Lipinski definition) is 6. The third kappa shape index (κ3) is 5.49. The van der Waals surface area contributed by atoms with Crippen LogP contribution >= 0.6 is 0 Å². The van der Waals surface area contributed by atoms with E-state index in [0.717, 1.165) is 49.4 Å². The number of amides is 1. The Morgan fingerprint density at radius 2 is 2.00 bits per heavy atom. The Balaban J connectivity index is 1.76. The Labute approximate surface area is 176 Å². The van der Waals surface area contributed by atoms with Crippen molar-refractivity contribution in [3.63, 3.8) is 0 Å². The number of carbonyl (C=O) groups is 1. The van der Waals surface area contributed by atoms with Crippen LogP contribution in [0.1, 0.15) is 23.6 Å². The van der Waals surface area contributed by atoms with E-state index in [1.807, 2.05) is 32.9 Å². The number of morpholine rings is 1. The monoisotopic (exact) mass is 414 g/mol. The van der Waals surface area contributed by atoms with Gasteiger partial charge >= 0.3 is 5.63 Å². The van der Waals surface area contributed by atoms with E-state index in [2.05, 4.69) is 16.8 Å². The summed E-state index contributed by atoms with van der Waals surface area (Å²) in [4.78, 5) is 27.3. The molecule has 0 bridgehead atoms. The van der Waals surface area contributed by atoms with Crippen molar-refractivity contribution in [2.45, 2.75) is 27.2 Å². The molecule has 0 radical (unpaired) electrons. The number of nitrogens with one attached hydrogen (secondary N) is 1. The Hall–Kier alpha value is -2.64. The molecular weight excluding hydrogens is 384 g/mol. The zero-order chi connectivity index (χ0) is 21.7. The number of hydrogen-bond donors (Lipinski definition) is 1. The van der Waals surface area contributed by atoms with Crippen LogP contribution in [-0.4, -0.2) is 56.8 Å². The summed E-state index contributed by atoms with van der Waals surface area (Å²) >= 11 is 0. The molecular formula is C23H30N2O5. The van der Waals surface area contributed by atoms with Crippen LogP contribution in [0.25, 0.3) is 11.0 Å². The van der Waals surface area contributed by atoms with Crippen LogP contribution in [0.2, 0.25) is 0 Å². The van der Waals surface area contributed by atoms with Gasteiger partial charge in [-0.2, -0.15) is 0 Å². The Morgan fingerprint density at radius 3 is 2.70 bits per heavy atom. The number of nitrogens with zero attached hydrogens (tertiary/aromatic N) is 1. The van der Waals surface area contributed by atoms with Crippen molar-refractivity contribution >= 4 is 16.9 Å². The molecule has 1 amide bonds. The smallest absolute Gasteiger partial charge is 0.340 e. The second-order valence-electron chi connectivity index (χ2n) is 7.86. The average Bonchev–Trinajstić information content (AvgIpc) is 2.69. The predicted molar refractivity (Wildman–Crippen MR) is 116 cm³/mol. The van der Waals surface area contributed by atoms with Crippen molar-refractivity contribution < 1.29 is 18.7 Å². The Morgan fingerprint density at radius 1 is 1.27 bits per heavy atom. The number of carbonyl (C=O) groups excluding carboxylic acids is 1. The summed E-state index contributed by atoms with van der Waals surface area (Å²) in [6.07, 6.45) is -0.0268. The highest BCUT2D eigenvalue weighted by Gasteiger charge is 2.18. The molecule has 1 aromatic carbocycles. The second-order valence-corrected chi connectivity index (χ2v) is 7.86. The van der Waals surface area contributed by atoms with Crippen LogP contribution < -0.4 is 15.7 Å². The lowest BCUT2D eigenvalue weighted by atomic mass is 10.0. The van der Waals surface area contributed by atoms with Crippen molar-refractivity contribution in [1.82, 2.24) is 10.2 Å². The minimum Gasteiger partial charge on any atom is -0.488 e. The van der Waals surface area contributed by atoms with Gasteiger partial charge in [0.05, 0.1) is 30.6 Å². The molecule has 1 saturated heterocycles. The largest absolute Gasteiger partial charge is 0.488 e. The lowest BCUT2D eigenvalue weighted by Crippen LogP contribution is -2.41. The SMILES string of the molecule is C=C(C)COc1cc(C)cc2oc(=O)c(CC(=O)NCCN3CCOCC3)c(C)c12. The topological polar surface area (TPSA) is 81.0 Å². The zero-order valence-electron chi connectivity index (χ0n) is 18.0. The molecule has 2 heterocycles. The normalized spacial score (nSPS) is 14.6. The molecule has 1 N–H and O–H groups in total. The summed E-state index contributed by atoms with van der Waals surface area (Å²) < 4.78 is 16.8. The van der Waals surface area contributed by atoms with Crippen molar-refractivity contribution in [2.75, 3.05) is 46.0 Å². The summed E-state index contributed by atoms with van der Waals surface area (Å²) in [6, 6.07) is 3.72. The predicted octanol–water partition coefficient (Wildman–Crippen LogP) is 2.36. The molecule has 0 saturated carbocycles. The summed E-state index contributed by atoms with van der Waals surface area (Å²) in [6.45, 7) is 14.3. The third-order valence-electron chi connectivity index (χ3n) is 5.15. The summed E-state index contributed by atoms with van der Waals surface area (Å²) in [7, 11) is 0. The first kappa shape index (κ1) is 22.1. The van der Waals surface area contributed by atoms with Crippen LogP contribution in [0.5, 0.6) is 5.75 Å². The molecule has 1 aromatic heterocycles. The van der Waals surface area contributed by atoms with Crippen LogP contribution in [0.15, 0.2) is 33.5 Å². The highest BCUT2D eigenvalue weighted by Crippen LogP contribution is 2.31. The molecule has 1 fully saturated rings. The summed E-state index contributed by atoms with van der Waals surface area (Å²) in [5, 5.41) is 3.62. The standard InChI is InChI=1S/C23H30N2O5/c1-15(2)14-29-19-11-16(3)12-20-22(19)17(4)18(23(27)30-20)13-21(26)24-5-6-25-7-9-28-10-8-25/h11-12H,1,5-10,13-14H2,2-4H3,(H,24,26). The van der Waals surface area contributed by atoms with Crippen LogP contribution in [0.3, 0.4) is 0 Å². The van der Waals surface area contributed by atoms with E-state index in [-0.39, 0.29) is 12.3 Å². The first-order valence-electron chi connectivity index (χ1n) is 10.3. The summed E-state index contributed by atoms with van der Waals surface area (Å²) in [5.41, 5.74) is 2.86. The van der Waals surface area contributed by atoms with E-state index >= 15 is 0 Å². The highest BCUT2D eigenvalue weighted by atomic mass is 16.5. The first-order chi connectivity index (χ1) is 14.3. The van der Waals surface area contributed by atoms with Crippen LogP contribution in [0, 0.1) is 13.8 Å². The van der Waals surface area contributed by atoms with E-state index in [0.29, 0.717) is 35.6 Å². The first-order valence-corrected chi connectivity index (χ1v) is 10.3. The number of rotatable bonds is 8. The maximum Gasteiger partial charge on any atom is 0.340 e. The van der Waals surface area contributed by atoms with Gasteiger partial charge in [0.25, 0.3) is 0 Å². The van der Waals surface area contributed by atoms with Crippen molar-refractivity contribution in [1.29, 1.82) is 0 Å². The van der Waals surface area contributed by atoms with E-state index in [9.17, 15) is 9.59 Å². The Kier molecular flexibility index (Phi) is 7.29. The van der Waals surface area contributed by atoms with Gasteiger partial charge in [-0.3, -0.25) is 9.69 Å². The van der Waals surface area contributed by atoms with Gasteiger partial charge < -0.3 is 19.2 Å². The minimum absolute atomic E-state index is 0.0268. The van der Waals surface area contributed by atoms with Crippen molar-refractivity contribution in [3.8, 4) is 5.75 Å². The number of fused-ring (bicyclic) bond motifs is 1. The minimum atomic E-state index is -0.486.